The molecule has 3 aromatic rings. The third-order valence-electron chi connectivity index (χ3n) is 4.66. The van der Waals surface area contributed by atoms with Crippen LogP contribution in [-0.4, -0.2) is 30.3 Å². The SMILES string of the molecule is Cn1c(-c2ccc(F)cc2)nn(CN(Cc2ccncc2)C2CC2)c1=S. The Morgan fingerprint density at radius 2 is 1.85 bits per heavy atom. The lowest BCUT2D eigenvalue weighted by atomic mass is 10.2. The molecular weight excluding hydrogens is 349 g/mol. The van der Waals surface area contributed by atoms with Crippen molar-refractivity contribution in [3.8, 4) is 11.4 Å². The second-order valence-corrected chi connectivity index (χ2v) is 7.01. The van der Waals surface area contributed by atoms with Crippen molar-refractivity contribution in [1.82, 2.24) is 24.2 Å². The van der Waals surface area contributed by atoms with E-state index in [0.29, 0.717) is 17.5 Å². The van der Waals surface area contributed by atoms with Gasteiger partial charge in [-0.2, -0.15) is 5.10 Å². The summed E-state index contributed by atoms with van der Waals surface area (Å²) in [4.78, 5) is 6.48. The molecule has 1 aliphatic carbocycles. The van der Waals surface area contributed by atoms with Crippen LogP contribution < -0.4 is 0 Å². The second-order valence-electron chi connectivity index (χ2n) is 6.65. The van der Waals surface area contributed by atoms with Crippen molar-refractivity contribution in [3.05, 3.63) is 64.9 Å². The van der Waals surface area contributed by atoms with Gasteiger partial charge in [0.2, 0.25) is 0 Å². The Balaban J connectivity index is 1.60. The highest BCUT2D eigenvalue weighted by Gasteiger charge is 2.29. The van der Waals surface area contributed by atoms with E-state index in [1.54, 1.807) is 12.1 Å². The van der Waals surface area contributed by atoms with E-state index in [1.807, 2.05) is 40.8 Å². The molecule has 7 heteroatoms. The molecule has 5 nitrogen and oxygen atoms in total. The monoisotopic (exact) mass is 369 g/mol. The van der Waals surface area contributed by atoms with Crippen LogP contribution in [0.25, 0.3) is 11.4 Å². The first kappa shape index (κ1) is 17.1. The minimum Gasteiger partial charge on any atom is -0.303 e. The maximum Gasteiger partial charge on any atom is 0.199 e. The Morgan fingerprint density at radius 1 is 1.15 bits per heavy atom. The van der Waals surface area contributed by atoms with Crippen LogP contribution in [0.2, 0.25) is 0 Å². The maximum absolute atomic E-state index is 13.2. The zero-order valence-corrected chi connectivity index (χ0v) is 15.4. The van der Waals surface area contributed by atoms with Crippen LogP contribution in [0.1, 0.15) is 18.4 Å². The summed E-state index contributed by atoms with van der Waals surface area (Å²) >= 11 is 5.58. The Morgan fingerprint density at radius 3 is 2.50 bits per heavy atom. The highest BCUT2D eigenvalue weighted by molar-refractivity contribution is 7.71. The predicted molar refractivity (Wildman–Crippen MR) is 100 cm³/mol. The van der Waals surface area contributed by atoms with Crippen molar-refractivity contribution in [2.75, 3.05) is 0 Å². The van der Waals surface area contributed by atoms with E-state index >= 15 is 0 Å². The Labute approximate surface area is 156 Å². The fourth-order valence-electron chi connectivity index (χ4n) is 3.06. The summed E-state index contributed by atoms with van der Waals surface area (Å²) in [5.41, 5.74) is 2.08. The van der Waals surface area contributed by atoms with Gasteiger partial charge in [-0.25, -0.2) is 9.07 Å². The Bertz CT molecular complexity index is 944. The fraction of sp³-hybridized carbons (Fsp3) is 0.316. The molecule has 0 bridgehead atoms. The van der Waals surface area contributed by atoms with Gasteiger partial charge in [0.25, 0.3) is 0 Å². The normalized spacial score (nSPS) is 14.1. The second kappa shape index (κ2) is 7.09. The molecule has 4 rings (SSSR count). The molecule has 0 radical (unpaired) electrons. The zero-order chi connectivity index (χ0) is 18.1. The first-order valence-electron chi connectivity index (χ1n) is 8.64. The van der Waals surface area contributed by atoms with Crippen molar-refractivity contribution in [2.45, 2.75) is 32.1 Å². The molecule has 26 heavy (non-hydrogen) atoms. The zero-order valence-electron chi connectivity index (χ0n) is 14.5. The average molecular weight is 369 g/mol. The van der Waals surface area contributed by atoms with E-state index in [9.17, 15) is 4.39 Å². The topological polar surface area (TPSA) is 38.9 Å². The lowest BCUT2D eigenvalue weighted by molar-refractivity contribution is 0.186. The summed E-state index contributed by atoms with van der Waals surface area (Å²) in [6.07, 6.45) is 6.05. The molecule has 0 spiro atoms. The molecule has 1 fully saturated rings. The van der Waals surface area contributed by atoms with Crippen molar-refractivity contribution in [2.24, 2.45) is 7.05 Å². The van der Waals surface area contributed by atoms with Crippen molar-refractivity contribution in [3.63, 3.8) is 0 Å². The van der Waals surface area contributed by atoms with E-state index in [4.69, 9.17) is 17.3 Å². The van der Waals surface area contributed by atoms with Crippen LogP contribution in [0.3, 0.4) is 0 Å². The molecule has 0 unspecified atom stereocenters. The molecular formula is C19H20FN5S. The molecule has 1 aliphatic rings. The molecule has 1 aromatic carbocycles. The summed E-state index contributed by atoms with van der Waals surface area (Å²) < 4.78 is 17.6. The van der Waals surface area contributed by atoms with Gasteiger partial charge in [-0.05, 0) is 67.0 Å². The van der Waals surface area contributed by atoms with Gasteiger partial charge in [-0.1, -0.05) is 0 Å². The van der Waals surface area contributed by atoms with Crippen LogP contribution >= 0.6 is 12.2 Å². The van der Waals surface area contributed by atoms with Gasteiger partial charge in [0.05, 0.1) is 6.67 Å². The van der Waals surface area contributed by atoms with Gasteiger partial charge in [0, 0.05) is 37.6 Å². The van der Waals surface area contributed by atoms with Crippen LogP contribution in [0.15, 0.2) is 48.8 Å². The van der Waals surface area contributed by atoms with Crippen LogP contribution in [0.4, 0.5) is 4.39 Å². The third-order valence-corrected chi connectivity index (χ3v) is 5.14. The minimum absolute atomic E-state index is 0.258. The lowest BCUT2D eigenvalue weighted by Crippen LogP contribution is -2.29. The van der Waals surface area contributed by atoms with E-state index in [0.717, 1.165) is 17.9 Å². The predicted octanol–water partition coefficient (Wildman–Crippen LogP) is 3.77. The first-order chi connectivity index (χ1) is 12.6. The number of hydrogen-bond donors (Lipinski definition) is 0. The molecule has 0 saturated heterocycles. The van der Waals surface area contributed by atoms with Gasteiger partial charge in [-0.3, -0.25) is 9.88 Å². The summed E-state index contributed by atoms with van der Waals surface area (Å²) in [5, 5.41) is 4.70. The van der Waals surface area contributed by atoms with Crippen molar-refractivity contribution >= 4 is 12.2 Å². The molecule has 0 aliphatic heterocycles. The third kappa shape index (κ3) is 3.59. The summed E-state index contributed by atoms with van der Waals surface area (Å²) in [6.45, 7) is 1.48. The molecule has 0 atom stereocenters. The smallest absolute Gasteiger partial charge is 0.199 e. The summed E-state index contributed by atoms with van der Waals surface area (Å²) in [7, 11) is 1.90. The van der Waals surface area contributed by atoms with Crippen molar-refractivity contribution in [1.29, 1.82) is 0 Å². The van der Waals surface area contributed by atoms with Crippen LogP contribution in [0, 0.1) is 10.6 Å². The van der Waals surface area contributed by atoms with Crippen LogP contribution in [0.5, 0.6) is 0 Å². The summed E-state index contributed by atoms with van der Waals surface area (Å²) in [5.74, 6) is 0.487. The Hall–Kier alpha value is -2.38. The number of aromatic nitrogens is 4. The number of rotatable bonds is 6. The number of hydrogen-bond acceptors (Lipinski definition) is 4. The van der Waals surface area contributed by atoms with Crippen molar-refractivity contribution < 1.29 is 4.39 Å². The Kier molecular flexibility index (Phi) is 4.65. The van der Waals surface area contributed by atoms with E-state index in [2.05, 4.69) is 9.88 Å². The van der Waals surface area contributed by atoms with Gasteiger partial charge in [0.15, 0.2) is 10.6 Å². The fourth-order valence-corrected chi connectivity index (χ4v) is 3.24. The van der Waals surface area contributed by atoms with Gasteiger partial charge < -0.3 is 4.57 Å². The van der Waals surface area contributed by atoms with Crippen LogP contribution in [-0.2, 0) is 20.3 Å². The van der Waals surface area contributed by atoms with E-state index in [1.165, 1.54) is 30.5 Å². The number of nitrogens with zero attached hydrogens (tertiary/aromatic N) is 5. The molecule has 2 heterocycles. The summed E-state index contributed by atoms with van der Waals surface area (Å²) in [6, 6.07) is 11.0. The average Bonchev–Trinajstić information content (AvgIpc) is 3.46. The largest absolute Gasteiger partial charge is 0.303 e. The van der Waals surface area contributed by atoms with E-state index in [-0.39, 0.29) is 5.82 Å². The van der Waals surface area contributed by atoms with Gasteiger partial charge in [-0.15, -0.1) is 0 Å². The maximum atomic E-state index is 13.2. The quantitative estimate of drug-likeness (QED) is 0.620. The lowest BCUT2D eigenvalue weighted by Gasteiger charge is -2.21. The van der Waals surface area contributed by atoms with E-state index < -0.39 is 0 Å². The minimum atomic E-state index is -0.258. The molecule has 134 valence electrons. The number of benzene rings is 1. The standard InChI is InChI=1S/C19H20FN5S/c1-23-18(15-2-4-16(20)5-3-15)22-25(19(23)26)13-24(17-6-7-17)12-14-8-10-21-11-9-14/h2-5,8-11,17H,6-7,12-13H2,1H3. The van der Waals surface area contributed by atoms with Gasteiger partial charge >= 0.3 is 0 Å². The number of pyridine rings is 1. The molecule has 2 aromatic heterocycles. The molecule has 0 amide bonds. The molecule has 1 saturated carbocycles. The highest BCUT2D eigenvalue weighted by Crippen LogP contribution is 2.29. The molecule has 0 N–H and O–H groups in total. The first-order valence-corrected chi connectivity index (χ1v) is 9.05. The highest BCUT2D eigenvalue weighted by atomic mass is 32.1. The number of halogens is 1. The van der Waals surface area contributed by atoms with Gasteiger partial charge in [0.1, 0.15) is 5.82 Å².